The first-order valence-corrected chi connectivity index (χ1v) is 6.02. The maximum Gasteiger partial charge on any atom is 0.0616 e. The first-order chi connectivity index (χ1) is 6.06. The van der Waals surface area contributed by atoms with Gasteiger partial charge < -0.3 is 10.1 Å². The lowest BCUT2D eigenvalue weighted by Gasteiger charge is -2.45. The third kappa shape index (κ3) is 3.15. The summed E-state index contributed by atoms with van der Waals surface area (Å²) in [6.45, 7) is 10.5. The molecule has 1 heterocycles. The van der Waals surface area contributed by atoms with E-state index in [0.717, 1.165) is 13.2 Å². The van der Waals surface area contributed by atoms with Gasteiger partial charge in [0, 0.05) is 29.2 Å². The van der Waals surface area contributed by atoms with Gasteiger partial charge in [-0.25, -0.2) is 0 Å². The molecule has 0 bridgehead atoms. The second-order valence-corrected chi connectivity index (χ2v) is 5.87. The van der Waals surface area contributed by atoms with E-state index < -0.39 is 0 Å². The van der Waals surface area contributed by atoms with Crippen LogP contribution in [-0.2, 0) is 4.74 Å². The van der Waals surface area contributed by atoms with Crippen LogP contribution >= 0.6 is 11.8 Å². The maximum atomic E-state index is 5.36. The molecule has 1 fully saturated rings. The quantitative estimate of drug-likeness (QED) is 0.737. The highest BCUT2D eigenvalue weighted by Gasteiger charge is 2.39. The van der Waals surface area contributed by atoms with Crippen molar-refractivity contribution >= 4 is 11.8 Å². The van der Waals surface area contributed by atoms with Crippen molar-refractivity contribution in [1.82, 2.24) is 5.32 Å². The molecular formula is C10H21NOS. The highest BCUT2D eigenvalue weighted by molar-refractivity contribution is 8.02. The van der Waals surface area contributed by atoms with E-state index in [9.17, 15) is 0 Å². The first-order valence-electron chi connectivity index (χ1n) is 5.04. The Labute approximate surface area is 85.8 Å². The van der Waals surface area contributed by atoms with Crippen molar-refractivity contribution in [3.63, 3.8) is 0 Å². The molecule has 1 N–H and O–H groups in total. The largest absolute Gasteiger partial charge is 0.380 e. The smallest absolute Gasteiger partial charge is 0.0616 e. The van der Waals surface area contributed by atoms with E-state index in [1.54, 1.807) is 0 Å². The van der Waals surface area contributed by atoms with Crippen molar-refractivity contribution in [3.8, 4) is 0 Å². The average molecular weight is 203 g/mol. The summed E-state index contributed by atoms with van der Waals surface area (Å²) in [6.07, 6.45) is 0. The van der Waals surface area contributed by atoms with Gasteiger partial charge in [0.1, 0.15) is 0 Å². The predicted octanol–water partition coefficient (Wildman–Crippen LogP) is 1.89. The van der Waals surface area contributed by atoms with Crippen LogP contribution in [0, 0.1) is 0 Å². The van der Waals surface area contributed by atoms with Crippen LogP contribution in [0.25, 0.3) is 0 Å². The lowest BCUT2D eigenvalue weighted by molar-refractivity contribution is 0.122. The molecule has 0 aliphatic carbocycles. The third-order valence-corrected chi connectivity index (χ3v) is 4.05. The number of hydrogen-bond acceptors (Lipinski definition) is 3. The minimum Gasteiger partial charge on any atom is -0.380 e. The summed E-state index contributed by atoms with van der Waals surface area (Å²) in [6, 6.07) is 1.14. The van der Waals surface area contributed by atoms with E-state index in [1.807, 2.05) is 18.7 Å². The second kappa shape index (κ2) is 4.67. The van der Waals surface area contributed by atoms with Crippen molar-refractivity contribution in [2.45, 2.75) is 44.5 Å². The number of thioether (sulfide) groups is 1. The Bertz CT molecular complexity index is 161. The lowest BCUT2D eigenvalue weighted by Crippen LogP contribution is -2.57. The summed E-state index contributed by atoms with van der Waals surface area (Å²) < 4.78 is 5.78. The molecule has 0 aromatic rings. The monoisotopic (exact) mass is 203 g/mol. The van der Waals surface area contributed by atoms with Crippen LogP contribution in [0.4, 0.5) is 0 Å². The Morgan fingerprint density at radius 2 is 2.31 bits per heavy atom. The molecule has 2 nitrogen and oxygen atoms in total. The van der Waals surface area contributed by atoms with E-state index in [4.69, 9.17) is 4.74 Å². The topological polar surface area (TPSA) is 21.3 Å². The van der Waals surface area contributed by atoms with Crippen molar-refractivity contribution in [2.24, 2.45) is 0 Å². The minimum atomic E-state index is 0.417. The third-order valence-electron chi connectivity index (χ3n) is 2.52. The van der Waals surface area contributed by atoms with E-state index in [0.29, 0.717) is 16.8 Å². The second-order valence-electron chi connectivity index (χ2n) is 4.19. The van der Waals surface area contributed by atoms with Gasteiger partial charge in [0.2, 0.25) is 0 Å². The molecule has 0 aromatic carbocycles. The van der Waals surface area contributed by atoms with Crippen LogP contribution < -0.4 is 5.32 Å². The van der Waals surface area contributed by atoms with Crippen LogP contribution in [0.5, 0.6) is 0 Å². The molecule has 1 rings (SSSR count). The van der Waals surface area contributed by atoms with Gasteiger partial charge in [-0.15, -0.1) is 0 Å². The lowest BCUT2D eigenvalue weighted by atomic mass is 10.0. The summed E-state index contributed by atoms with van der Waals surface area (Å²) in [5, 5.41) is 3.60. The predicted molar refractivity (Wildman–Crippen MR) is 59.4 cm³/mol. The van der Waals surface area contributed by atoms with Crippen molar-refractivity contribution in [2.75, 3.05) is 19.0 Å². The Hall–Kier alpha value is 0.270. The molecule has 0 aromatic heterocycles. The fourth-order valence-corrected chi connectivity index (χ4v) is 2.60. The number of ether oxygens (including phenoxy) is 1. The molecule has 2 atom stereocenters. The van der Waals surface area contributed by atoms with Crippen LogP contribution in [0.3, 0.4) is 0 Å². The molecule has 0 amide bonds. The molecule has 0 radical (unpaired) electrons. The zero-order valence-electron chi connectivity index (χ0n) is 9.09. The summed E-state index contributed by atoms with van der Waals surface area (Å²) in [4.78, 5) is 0. The van der Waals surface area contributed by atoms with Crippen LogP contribution in [0.1, 0.15) is 27.7 Å². The van der Waals surface area contributed by atoms with Crippen LogP contribution in [0.2, 0.25) is 0 Å². The van der Waals surface area contributed by atoms with Gasteiger partial charge in [-0.05, 0) is 27.7 Å². The maximum absolute atomic E-state index is 5.36. The van der Waals surface area contributed by atoms with E-state index in [-0.39, 0.29) is 0 Å². The molecule has 1 saturated heterocycles. The highest BCUT2D eigenvalue weighted by atomic mass is 32.2. The number of rotatable bonds is 5. The molecule has 1 aliphatic rings. The SMILES string of the molecule is CCOCC(C)NC1CSC1(C)C. The van der Waals surface area contributed by atoms with Crippen LogP contribution in [-0.4, -0.2) is 35.8 Å². The van der Waals surface area contributed by atoms with Gasteiger partial charge in [-0.2, -0.15) is 11.8 Å². The molecular weight excluding hydrogens is 182 g/mol. The molecule has 78 valence electrons. The van der Waals surface area contributed by atoms with Crippen LogP contribution in [0.15, 0.2) is 0 Å². The summed E-state index contributed by atoms with van der Waals surface area (Å²) in [5.74, 6) is 1.24. The Balaban J connectivity index is 2.17. The summed E-state index contributed by atoms with van der Waals surface area (Å²) >= 11 is 2.03. The van der Waals surface area contributed by atoms with Crippen molar-refractivity contribution in [1.29, 1.82) is 0 Å². The van der Waals surface area contributed by atoms with Gasteiger partial charge >= 0.3 is 0 Å². The van der Waals surface area contributed by atoms with Gasteiger partial charge in [0.15, 0.2) is 0 Å². The zero-order valence-corrected chi connectivity index (χ0v) is 9.91. The Morgan fingerprint density at radius 1 is 1.62 bits per heavy atom. The highest BCUT2D eigenvalue weighted by Crippen LogP contribution is 2.39. The number of nitrogens with one attached hydrogen (secondary N) is 1. The molecule has 0 saturated carbocycles. The van der Waals surface area contributed by atoms with Gasteiger partial charge in [0.05, 0.1) is 6.61 Å². The van der Waals surface area contributed by atoms with E-state index >= 15 is 0 Å². The molecule has 13 heavy (non-hydrogen) atoms. The molecule has 1 aliphatic heterocycles. The molecule has 2 unspecified atom stereocenters. The van der Waals surface area contributed by atoms with Gasteiger partial charge in [-0.3, -0.25) is 0 Å². The van der Waals surface area contributed by atoms with Crippen molar-refractivity contribution in [3.05, 3.63) is 0 Å². The summed E-state index contributed by atoms with van der Waals surface area (Å²) in [7, 11) is 0. The van der Waals surface area contributed by atoms with Gasteiger partial charge in [-0.1, -0.05) is 0 Å². The van der Waals surface area contributed by atoms with Crippen molar-refractivity contribution < 1.29 is 4.74 Å². The fourth-order valence-electron chi connectivity index (χ4n) is 1.43. The Morgan fingerprint density at radius 3 is 2.69 bits per heavy atom. The normalized spacial score (nSPS) is 28.2. The fraction of sp³-hybridized carbons (Fsp3) is 1.00. The average Bonchev–Trinajstić information content (AvgIpc) is 2.09. The number of hydrogen-bond donors (Lipinski definition) is 1. The molecule has 3 heteroatoms. The van der Waals surface area contributed by atoms with E-state index in [1.165, 1.54) is 5.75 Å². The minimum absolute atomic E-state index is 0.417. The first kappa shape index (κ1) is 11.3. The summed E-state index contributed by atoms with van der Waals surface area (Å²) in [5.41, 5.74) is 0. The molecule has 0 spiro atoms. The zero-order chi connectivity index (χ0) is 9.90. The van der Waals surface area contributed by atoms with Gasteiger partial charge in [0.25, 0.3) is 0 Å². The van der Waals surface area contributed by atoms with E-state index in [2.05, 4.69) is 26.1 Å². The standard InChI is InChI=1S/C10H21NOS/c1-5-12-6-8(2)11-9-7-13-10(9,3)4/h8-9,11H,5-7H2,1-4H3. The Kier molecular flexibility index (Phi) is 4.07.